The number of carbonyl (C=O) groups excluding carboxylic acids is 1. The largest absolute Gasteiger partial charge is 0.481 e. The van der Waals surface area contributed by atoms with Gasteiger partial charge in [-0.15, -0.1) is 0 Å². The molecule has 0 fully saturated rings. The number of rotatable bonds is 8. The molecule has 0 unspecified atom stereocenters. The van der Waals surface area contributed by atoms with Gasteiger partial charge in [0.15, 0.2) is 5.65 Å². The van der Waals surface area contributed by atoms with Crippen molar-refractivity contribution in [2.24, 2.45) is 0 Å². The Morgan fingerprint density at radius 3 is 2.50 bits per heavy atom. The van der Waals surface area contributed by atoms with E-state index in [2.05, 4.69) is 20.3 Å². The molecule has 0 saturated heterocycles. The normalized spacial score (nSPS) is 11.7. The number of nitrogens with two attached hydrogens (primary N) is 1. The van der Waals surface area contributed by atoms with Crippen LogP contribution in [0.25, 0.3) is 11.0 Å². The van der Waals surface area contributed by atoms with Gasteiger partial charge in [0, 0.05) is 24.7 Å². The van der Waals surface area contributed by atoms with Crippen molar-refractivity contribution in [2.45, 2.75) is 18.9 Å². The van der Waals surface area contributed by atoms with Crippen molar-refractivity contribution in [3.05, 3.63) is 52.4 Å². The first kappa shape index (κ1) is 22.2. The molecular formula is C20H20N6O6. The maximum atomic E-state index is 12.4. The number of nitrogens with zero attached hydrogens (tertiary/aromatic N) is 3. The van der Waals surface area contributed by atoms with Crippen LogP contribution in [0.1, 0.15) is 23.2 Å². The Hall–Kier alpha value is -4.48. The number of hydrogen-bond donors (Lipinski definition) is 5. The van der Waals surface area contributed by atoms with Gasteiger partial charge in [-0.05, 0) is 36.8 Å². The molecule has 1 amide bonds. The summed E-state index contributed by atoms with van der Waals surface area (Å²) in [4.78, 5) is 58.7. The number of hydrogen-bond acceptors (Lipinski definition) is 8. The van der Waals surface area contributed by atoms with E-state index in [0.29, 0.717) is 11.4 Å². The lowest BCUT2D eigenvalue weighted by Crippen LogP contribution is -2.41. The van der Waals surface area contributed by atoms with Gasteiger partial charge in [-0.1, -0.05) is 0 Å². The molecule has 0 spiro atoms. The minimum atomic E-state index is -1.31. The van der Waals surface area contributed by atoms with E-state index < -0.39 is 29.4 Å². The predicted molar refractivity (Wildman–Crippen MR) is 115 cm³/mol. The Morgan fingerprint density at radius 1 is 1.19 bits per heavy atom. The maximum Gasteiger partial charge on any atom is 0.326 e. The molecule has 2 aromatic heterocycles. The fourth-order valence-corrected chi connectivity index (χ4v) is 2.96. The number of carboxylic acids is 2. The highest BCUT2D eigenvalue weighted by Gasteiger charge is 2.21. The zero-order chi connectivity index (χ0) is 23.4. The number of carbonyl (C=O) groups is 3. The molecule has 0 saturated carbocycles. The number of carboxylic acid groups (broad SMARTS) is 2. The number of nitrogens with one attached hydrogen (secondary N) is 2. The molecule has 1 aromatic carbocycles. The summed E-state index contributed by atoms with van der Waals surface area (Å²) in [6, 6.07) is 6.57. The Balaban J connectivity index is 1.76. The molecule has 32 heavy (non-hydrogen) atoms. The molecule has 0 aliphatic heterocycles. The number of aromatic nitrogens is 3. The van der Waals surface area contributed by atoms with E-state index in [1.807, 2.05) is 0 Å². The summed E-state index contributed by atoms with van der Waals surface area (Å²) < 4.78 is 0. The summed E-state index contributed by atoms with van der Waals surface area (Å²) >= 11 is 0. The van der Waals surface area contributed by atoms with Crippen LogP contribution in [-0.2, 0) is 9.59 Å². The van der Waals surface area contributed by atoms with Gasteiger partial charge < -0.3 is 26.2 Å². The SMILES string of the molecule is CN(c1ccc(C(=O)N[C@@H](CCC(=O)O)C(=O)O)cc1)c1cnc2nc(N)[nH]c(=O)c2c1. The minimum absolute atomic E-state index is 0.0296. The number of amides is 1. The van der Waals surface area contributed by atoms with Gasteiger partial charge in [0.05, 0.1) is 17.3 Å². The van der Waals surface area contributed by atoms with Crippen LogP contribution in [0.2, 0.25) is 0 Å². The van der Waals surface area contributed by atoms with Crippen molar-refractivity contribution in [3.63, 3.8) is 0 Å². The van der Waals surface area contributed by atoms with Crippen LogP contribution in [0.5, 0.6) is 0 Å². The molecule has 0 aliphatic carbocycles. The Labute approximate surface area is 180 Å². The van der Waals surface area contributed by atoms with Gasteiger partial charge >= 0.3 is 11.9 Å². The number of benzene rings is 1. The quantitative estimate of drug-likeness (QED) is 0.333. The summed E-state index contributed by atoms with van der Waals surface area (Å²) in [6.07, 6.45) is 0.909. The molecular weight excluding hydrogens is 420 g/mol. The molecule has 3 aromatic rings. The van der Waals surface area contributed by atoms with Crippen molar-refractivity contribution in [1.29, 1.82) is 0 Å². The fourth-order valence-electron chi connectivity index (χ4n) is 2.96. The van der Waals surface area contributed by atoms with Crippen LogP contribution < -0.4 is 21.5 Å². The van der Waals surface area contributed by atoms with E-state index in [1.165, 1.54) is 18.3 Å². The molecule has 166 valence electrons. The minimum Gasteiger partial charge on any atom is -0.481 e. The maximum absolute atomic E-state index is 12.4. The summed E-state index contributed by atoms with van der Waals surface area (Å²) in [7, 11) is 1.74. The molecule has 0 bridgehead atoms. The Kier molecular flexibility index (Phi) is 6.33. The van der Waals surface area contributed by atoms with Crippen LogP contribution in [0.15, 0.2) is 41.3 Å². The van der Waals surface area contributed by atoms with Crippen molar-refractivity contribution in [1.82, 2.24) is 20.3 Å². The highest BCUT2D eigenvalue weighted by molar-refractivity contribution is 5.97. The lowest BCUT2D eigenvalue weighted by Gasteiger charge is -2.20. The summed E-state index contributed by atoms with van der Waals surface area (Å²) in [5.41, 5.74) is 6.78. The third-order valence-corrected chi connectivity index (χ3v) is 4.72. The first-order chi connectivity index (χ1) is 15.2. The van der Waals surface area contributed by atoms with Gasteiger partial charge in [0.2, 0.25) is 5.95 Å². The first-order valence-electron chi connectivity index (χ1n) is 9.40. The smallest absolute Gasteiger partial charge is 0.326 e. The highest BCUT2D eigenvalue weighted by Crippen LogP contribution is 2.24. The second-order valence-corrected chi connectivity index (χ2v) is 6.92. The second kappa shape index (κ2) is 9.12. The van der Waals surface area contributed by atoms with E-state index >= 15 is 0 Å². The average Bonchev–Trinajstić information content (AvgIpc) is 2.75. The number of fused-ring (bicyclic) bond motifs is 1. The lowest BCUT2D eigenvalue weighted by atomic mass is 10.1. The molecule has 1 atom stereocenters. The summed E-state index contributed by atoms with van der Waals surface area (Å²) in [6.45, 7) is 0. The van der Waals surface area contributed by atoms with Crippen molar-refractivity contribution >= 4 is 46.2 Å². The van der Waals surface area contributed by atoms with Crippen molar-refractivity contribution < 1.29 is 24.6 Å². The second-order valence-electron chi connectivity index (χ2n) is 6.92. The monoisotopic (exact) mass is 440 g/mol. The van der Waals surface area contributed by atoms with E-state index in [0.717, 1.165) is 0 Å². The van der Waals surface area contributed by atoms with Gasteiger partial charge in [0.1, 0.15) is 6.04 Å². The summed E-state index contributed by atoms with van der Waals surface area (Å²) in [5.74, 6) is -3.13. The van der Waals surface area contributed by atoms with Gasteiger partial charge in [-0.3, -0.25) is 19.4 Å². The fraction of sp³-hybridized carbons (Fsp3) is 0.200. The number of aromatic amines is 1. The molecule has 3 rings (SSSR count). The topological polar surface area (TPSA) is 192 Å². The third-order valence-electron chi connectivity index (χ3n) is 4.72. The van der Waals surface area contributed by atoms with E-state index in [4.69, 9.17) is 10.8 Å². The zero-order valence-corrected chi connectivity index (χ0v) is 16.9. The average molecular weight is 440 g/mol. The van der Waals surface area contributed by atoms with Crippen LogP contribution in [0.4, 0.5) is 17.3 Å². The number of nitrogen functional groups attached to an aromatic ring is 1. The Morgan fingerprint density at radius 2 is 1.88 bits per heavy atom. The number of H-pyrrole nitrogens is 1. The molecule has 6 N–H and O–H groups in total. The number of anilines is 3. The van der Waals surface area contributed by atoms with Crippen molar-refractivity contribution in [3.8, 4) is 0 Å². The van der Waals surface area contributed by atoms with Crippen LogP contribution in [0.3, 0.4) is 0 Å². The Bertz CT molecular complexity index is 1240. The molecule has 12 nitrogen and oxygen atoms in total. The number of pyridine rings is 1. The van der Waals surface area contributed by atoms with E-state index in [9.17, 15) is 24.3 Å². The predicted octanol–water partition coefficient (Wildman–Crippen LogP) is 0.716. The molecule has 0 radical (unpaired) electrons. The number of aliphatic carboxylic acids is 2. The van der Waals surface area contributed by atoms with Crippen LogP contribution in [-0.4, -0.2) is 56.1 Å². The van der Waals surface area contributed by atoms with E-state index in [-0.39, 0.29) is 35.4 Å². The van der Waals surface area contributed by atoms with E-state index in [1.54, 1.807) is 30.1 Å². The highest BCUT2D eigenvalue weighted by atomic mass is 16.4. The third kappa shape index (κ3) is 4.98. The molecule has 0 aliphatic rings. The van der Waals surface area contributed by atoms with Gasteiger partial charge in [-0.2, -0.15) is 4.98 Å². The zero-order valence-electron chi connectivity index (χ0n) is 16.9. The van der Waals surface area contributed by atoms with Crippen LogP contribution in [0, 0.1) is 0 Å². The van der Waals surface area contributed by atoms with Crippen molar-refractivity contribution in [2.75, 3.05) is 17.7 Å². The van der Waals surface area contributed by atoms with Crippen LogP contribution >= 0.6 is 0 Å². The summed E-state index contributed by atoms with van der Waals surface area (Å²) in [5, 5.41) is 20.5. The lowest BCUT2D eigenvalue weighted by molar-refractivity contribution is -0.140. The first-order valence-corrected chi connectivity index (χ1v) is 9.40. The molecule has 2 heterocycles. The van der Waals surface area contributed by atoms with Gasteiger partial charge in [0.25, 0.3) is 11.5 Å². The van der Waals surface area contributed by atoms with Gasteiger partial charge in [-0.25, -0.2) is 9.78 Å². The standard InChI is InChI=1S/C20H20N6O6/c1-26(12-8-13-16(22-9-12)24-20(21)25-18(13)30)11-4-2-10(3-5-11)17(29)23-14(19(31)32)6-7-15(27)28/h2-5,8-9,14H,6-7H2,1H3,(H,23,29)(H,27,28)(H,31,32)(H3,21,22,24,25,30)/t14-/m0/s1. The molecule has 12 heteroatoms.